The SMILES string of the molecule is C.C.C.C.CC(=O)CC(C)=O.CC(=O)CC(C)=O.CC(=O)CC(C)=O.CC(C)(C)C.CC(C)(C)C. The van der Waals surface area contributed by atoms with E-state index in [0.29, 0.717) is 10.8 Å². The van der Waals surface area contributed by atoms with Gasteiger partial charge in [-0.15, -0.1) is 0 Å². The lowest BCUT2D eigenvalue weighted by molar-refractivity contribution is -0.126. The van der Waals surface area contributed by atoms with E-state index in [4.69, 9.17) is 0 Å². The van der Waals surface area contributed by atoms with Crippen LogP contribution in [0.25, 0.3) is 0 Å². The second-order valence-corrected chi connectivity index (χ2v) is 10.7. The molecule has 0 saturated carbocycles. The van der Waals surface area contributed by atoms with Crippen LogP contribution >= 0.6 is 0 Å². The number of Topliss-reactive ketones (excluding diaryl/α,β-unsaturated/α-hetero) is 6. The molecule has 0 rings (SSSR count). The Morgan fingerprint density at radius 3 is 0.400 bits per heavy atom. The first-order valence-electron chi connectivity index (χ1n) is 10.3. The molecule has 0 N–H and O–H groups in total. The highest BCUT2D eigenvalue weighted by Crippen LogP contribution is 2.08. The van der Waals surface area contributed by atoms with Crippen LogP contribution in [0.2, 0.25) is 0 Å². The summed E-state index contributed by atoms with van der Waals surface area (Å²) in [6.07, 6.45) is 0.250. The summed E-state index contributed by atoms with van der Waals surface area (Å²) in [5.41, 5.74) is 1.00. The van der Waals surface area contributed by atoms with Crippen LogP contribution in [0, 0.1) is 10.8 Å². The van der Waals surface area contributed by atoms with E-state index >= 15 is 0 Å². The molecular weight excluding hydrogens is 444 g/mol. The third-order valence-electron chi connectivity index (χ3n) is 1.49. The highest BCUT2D eigenvalue weighted by Gasteiger charge is 1.97. The molecule has 0 aromatic rings. The van der Waals surface area contributed by atoms with Crippen LogP contribution in [0.1, 0.15) is 146 Å². The lowest BCUT2D eigenvalue weighted by Crippen LogP contribution is -1.97. The molecule has 6 nitrogen and oxygen atoms in total. The van der Waals surface area contributed by atoms with E-state index in [1.165, 1.54) is 41.5 Å². The molecule has 0 spiro atoms. The van der Waals surface area contributed by atoms with Crippen molar-refractivity contribution in [3.63, 3.8) is 0 Å². The molecule has 0 amide bonds. The predicted molar refractivity (Wildman–Crippen MR) is 155 cm³/mol. The smallest absolute Gasteiger partial charge is 0.137 e. The molecule has 0 unspecified atom stereocenters. The summed E-state index contributed by atoms with van der Waals surface area (Å²) in [7, 11) is 0. The lowest BCUT2D eigenvalue weighted by atomic mass is 10.0. The van der Waals surface area contributed by atoms with Gasteiger partial charge in [0, 0.05) is 0 Å². The van der Waals surface area contributed by atoms with Gasteiger partial charge in [0.15, 0.2) is 0 Å². The number of rotatable bonds is 6. The summed E-state index contributed by atoms with van der Waals surface area (Å²) in [5, 5.41) is 0. The Balaban J connectivity index is -0.0000000338. The first kappa shape index (κ1) is 58.7. The number of carbonyl (C=O) groups excluding carboxylic acids is 6. The van der Waals surface area contributed by atoms with Gasteiger partial charge in [0.25, 0.3) is 0 Å². The second kappa shape index (κ2) is 32.0. The number of carbonyl (C=O) groups is 6. The minimum atomic E-state index is -0.0625. The van der Waals surface area contributed by atoms with Crippen molar-refractivity contribution in [2.75, 3.05) is 0 Å². The Hall–Kier alpha value is -1.98. The average Bonchev–Trinajstić information content (AvgIpc) is 2.29. The molecule has 0 atom stereocenters. The van der Waals surface area contributed by atoms with Crippen LogP contribution < -0.4 is 0 Å². The van der Waals surface area contributed by atoms with Crippen LogP contribution in [0.15, 0.2) is 0 Å². The van der Waals surface area contributed by atoms with Gasteiger partial charge < -0.3 is 0 Å². The quantitative estimate of drug-likeness (QED) is 0.334. The van der Waals surface area contributed by atoms with Crippen LogP contribution in [0.5, 0.6) is 0 Å². The Bertz CT molecular complexity index is 437. The fourth-order valence-electron chi connectivity index (χ4n) is 1.05. The lowest BCUT2D eigenvalue weighted by Gasteiger charge is -2.05. The van der Waals surface area contributed by atoms with E-state index in [-0.39, 0.29) is 83.7 Å². The van der Waals surface area contributed by atoms with E-state index in [2.05, 4.69) is 55.4 Å². The number of ketones is 6. The summed E-state index contributed by atoms with van der Waals surface area (Å²) in [6, 6.07) is 0. The normalized spacial score (nSPS) is 8.40. The van der Waals surface area contributed by atoms with E-state index in [1.807, 2.05) is 0 Å². The van der Waals surface area contributed by atoms with Gasteiger partial charge in [-0.1, -0.05) is 85.1 Å². The highest BCUT2D eigenvalue weighted by molar-refractivity contribution is 5.97. The molecule has 0 aliphatic rings. The van der Waals surface area contributed by atoms with E-state index in [9.17, 15) is 28.8 Å². The monoisotopic (exact) mass is 508 g/mol. The van der Waals surface area contributed by atoms with Gasteiger partial charge in [-0.3, -0.25) is 28.8 Å². The van der Waals surface area contributed by atoms with Crippen molar-refractivity contribution >= 4 is 34.7 Å². The number of hydrogen-bond donors (Lipinski definition) is 0. The Morgan fingerprint density at radius 1 is 0.343 bits per heavy atom. The van der Waals surface area contributed by atoms with Crippen molar-refractivity contribution in [2.45, 2.75) is 146 Å². The first-order valence-corrected chi connectivity index (χ1v) is 10.3. The molecule has 216 valence electrons. The van der Waals surface area contributed by atoms with Gasteiger partial charge in [-0.25, -0.2) is 0 Å². The second-order valence-electron chi connectivity index (χ2n) is 10.7. The van der Waals surface area contributed by atoms with Crippen molar-refractivity contribution in [1.29, 1.82) is 0 Å². The predicted octanol–water partition coefficient (Wildman–Crippen LogP) is 8.31. The maximum Gasteiger partial charge on any atom is 0.137 e. The molecule has 0 aliphatic heterocycles. The summed E-state index contributed by atoms with van der Waals surface area (Å²) in [6.45, 7) is 25.9. The fourth-order valence-corrected chi connectivity index (χ4v) is 1.05. The fraction of sp³-hybridized carbons (Fsp3) is 0.793. The molecule has 0 saturated heterocycles. The van der Waals surface area contributed by atoms with Gasteiger partial charge in [-0.2, -0.15) is 0 Å². The van der Waals surface area contributed by atoms with Crippen LogP contribution in [-0.4, -0.2) is 34.7 Å². The van der Waals surface area contributed by atoms with Crippen LogP contribution in [0.3, 0.4) is 0 Å². The van der Waals surface area contributed by atoms with Crippen molar-refractivity contribution in [2.24, 2.45) is 10.8 Å². The molecule has 0 aliphatic carbocycles. The van der Waals surface area contributed by atoms with Gasteiger partial charge in [0.05, 0.1) is 19.3 Å². The molecule has 35 heavy (non-hydrogen) atoms. The van der Waals surface area contributed by atoms with E-state index in [1.54, 1.807) is 0 Å². The molecule has 0 bridgehead atoms. The zero-order valence-electron chi connectivity index (χ0n) is 22.6. The van der Waals surface area contributed by atoms with Gasteiger partial charge >= 0.3 is 0 Å². The molecular formula is C29H64O6. The Kier molecular flexibility index (Phi) is 53.7. The molecule has 0 fully saturated rings. The first-order chi connectivity index (χ1) is 13.4. The van der Waals surface area contributed by atoms with Crippen LogP contribution in [0.4, 0.5) is 0 Å². The minimum Gasteiger partial charge on any atom is -0.300 e. The van der Waals surface area contributed by atoms with E-state index < -0.39 is 0 Å². The summed E-state index contributed by atoms with van der Waals surface area (Å²) in [5.74, 6) is -0.375. The van der Waals surface area contributed by atoms with Crippen molar-refractivity contribution in [1.82, 2.24) is 0 Å². The van der Waals surface area contributed by atoms with Crippen molar-refractivity contribution < 1.29 is 28.8 Å². The summed E-state index contributed by atoms with van der Waals surface area (Å²) < 4.78 is 0. The maximum atomic E-state index is 10.0. The van der Waals surface area contributed by atoms with Gasteiger partial charge in [-0.05, 0) is 52.4 Å². The third kappa shape index (κ3) is 287. The standard InChI is InChI=1S/3C5H8O2.2C5H12.4CH4/c3*1-4(6)3-5(2)7;2*1-5(2,3)4;;;;/h3*3H2,1-2H3;2*1-4H3;4*1H4. The largest absolute Gasteiger partial charge is 0.300 e. The molecule has 6 heteroatoms. The summed E-state index contributed by atoms with van der Waals surface area (Å²) >= 11 is 0. The average molecular weight is 509 g/mol. The molecule has 0 aromatic heterocycles. The van der Waals surface area contributed by atoms with Crippen LogP contribution in [-0.2, 0) is 28.8 Å². The summed E-state index contributed by atoms with van der Waals surface area (Å²) in [4.78, 5) is 60.2. The van der Waals surface area contributed by atoms with Crippen molar-refractivity contribution in [3.05, 3.63) is 0 Å². The van der Waals surface area contributed by atoms with Gasteiger partial charge in [0.1, 0.15) is 34.7 Å². The molecule has 0 aromatic carbocycles. The minimum absolute atomic E-state index is 0. The van der Waals surface area contributed by atoms with Crippen molar-refractivity contribution in [3.8, 4) is 0 Å². The zero-order chi connectivity index (χ0) is 26.6. The molecule has 0 heterocycles. The topological polar surface area (TPSA) is 102 Å². The third-order valence-corrected chi connectivity index (χ3v) is 1.49. The van der Waals surface area contributed by atoms with Gasteiger partial charge in [0.2, 0.25) is 0 Å². The Labute approximate surface area is 220 Å². The Morgan fingerprint density at radius 2 is 0.400 bits per heavy atom. The number of hydrogen-bond acceptors (Lipinski definition) is 6. The van der Waals surface area contributed by atoms with E-state index in [0.717, 1.165) is 0 Å². The highest BCUT2D eigenvalue weighted by atomic mass is 16.2. The zero-order valence-corrected chi connectivity index (χ0v) is 22.6. The maximum absolute atomic E-state index is 10.0. The molecule has 0 radical (unpaired) electrons.